The van der Waals surface area contributed by atoms with E-state index in [0.29, 0.717) is 40.3 Å². The largest absolute Gasteiger partial charge is 0.505 e. The van der Waals surface area contributed by atoms with Crippen LogP contribution in [0.5, 0.6) is 5.75 Å². The molecule has 0 bridgehead atoms. The normalized spacial score (nSPS) is 13.8. The Hall–Kier alpha value is -3.00. The van der Waals surface area contributed by atoms with Gasteiger partial charge in [-0.2, -0.15) is 0 Å². The van der Waals surface area contributed by atoms with E-state index in [1.54, 1.807) is 53.4 Å². The third-order valence-electron chi connectivity index (χ3n) is 5.73. The first-order valence-electron chi connectivity index (χ1n) is 10.2. The molecule has 0 aliphatic carbocycles. The highest BCUT2D eigenvalue weighted by Gasteiger charge is 2.31. The van der Waals surface area contributed by atoms with Crippen LogP contribution < -0.4 is 0 Å². The average Bonchev–Trinajstić information content (AvgIpc) is 3.14. The predicted octanol–water partition coefficient (Wildman–Crippen LogP) is 5.40. The van der Waals surface area contributed by atoms with E-state index in [4.69, 9.17) is 23.2 Å². The summed E-state index contributed by atoms with van der Waals surface area (Å²) in [6.45, 7) is 1.20. The van der Waals surface area contributed by atoms with Gasteiger partial charge >= 0.3 is 0 Å². The van der Waals surface area contributed by atoms with Crippen molar-refractivity contribution in [1.29, 1.82) is 0 Å². The van der Waals surface area contributed by atoms with Crippen LogP contribution in [0.1, 0.15) is 16.8 Å². The number of phenolic OH excluding ortho intramolecular Hbond substituents is 1. The van der Waals surface area contributed by atoms with E-state index >= 15 is 0 Å². The highest BCUT2D eigenvalue weighted by molar-refractivity contribution is 7.90. The lowest BCUT2D eigenvalue weighted by Crippen LogP contribution is -2.42. The summed E-state index contributed by atoms with van der Waals surface area (Å²) >= 11 is 12.3. The van der Waals surface area contributed by atoms with Crippen LogP contribution in [0.15, 0.2) is 71.6 Å². The van der Waals surface area contributed by atoms with Gasteiger partial charge in [0.25, 0.3) is 15.9 Å². The van der Waals surface area contributed by atoms with E-state index in [2.05, 4.69) is 0 Å². The van der Waals surface area contributed by atoms with Crippen molar-refractivity contribution in [3.05, 3.63) is 82.3 Å². The van der Waals surface area contributed by atoms with E-state index in [1.165, 1.54) is 12.1 Å². The zero-order valence-corrected chi connectivity index (χ0v) is 19.5. The Bertz CT molecular complexity index is 1510. The molecule has 1 aliphatic heterocycles. The summed E-state index contributed by atoms with van der Waals surface area (Å²) in [5.41, 5.74) is 1.54. The zero-order valence-electron chi connectivity index (χ0n) is 17.2. The first-order valence-corrected chi connectivity index (χ1v) is 12.4. The van der Waals surface area contributed by atoms with Gasteiger partial charge in [-0.3, -0.25) is 4.79 Å². The molecule has 1 fully saturated rings. The fraction of sp³-hybridized carbons (Fsp3) is 0.125. The minimum absolute atomic E-state index is 0.108. The summed E-state index contributed by atoms with van der Waals surface area (Å²) in [4.78, 5) is 13.9. The van der Waals surface area contributed by atoms with Crippen LogP contribution in [0.2, 0.25) is 10.0 Å². The van der Waals surface area contributed by atoms with E-state index in [1.807, 2.05) is 6.07 Å². The Kier molecular flexibility index (Phi) is 5.35. The molecular weight excluding hydrogens is 483 g/mol. The maximum atomic E-state index is 14.0. The van der Waals surface area contributed by atoms with Crippen molar-refractivity contribution in [3.63, 3.8) is 0 Å². The smallest absolute Gasteiger partial charge is 0.272 e. The molecule has 1 saturated heterocycles. The number of aromatic hydroxyl groups is 1. The second kappa shape index (κ2) is 8.09. The predicted molar refractivity (Wildman–Crippen MR) is 129 cm³/mol. The lowest BCUT2D eigenvalue weighted by atomic mass is 10.1. The number of likely N-dealkylation sites (tertiary alicyclic amines) is 1. The Balaban J connectivity index is 1.77. The van der Waals surface area contributed by atoms with E-state index in [9.17, 15) is 18.3 Å². The third kappa shape index (κ3) is 3.66. The van der Waals surface area contributed by atoms with Crippen molar-refractivity contribution in [2.45, 2.75) is 11.3 Å². The molecule has 1 N–H and O–H groups in total. The molecular formula is C24H18Cl2N2O4S. The Morgan fingerprint density at radius 1 is 0.939 bits per heavy atom. The van der Waals surface area contributed by atoms with Gasteiger partial charge in [0, 0.05) is 29.1 Å². The minimum Gasteiger partial charge on any atom is -0.505 e. The third-order valence-corrected chi connectivity index (χ3v) is 7.99. The Morgan fingerprint density at radius 2 is 1.67 bits per heavy atom. The first-order chi connectivity index (χ1) is 15.8. The van der Waals surface area contributed by atoms with Crippen LogP contribution in [-0.4, -0.2) is 41.4 Å². The molecule has 0 radical (unpaired) electrons. The van der Waals surface area contributed by atoms with Crippen molar-refractivity contribution >= 4 is 50.0 Å². The number of nitrogens with zero attached hydrogens (tertiary/aromatic N) is 2. The fourth-order valence-electron chi connectivity index (χ4n) is 3.92. The van der Waals surface area contributed by atoms with Gasteiger partial charge in [0.15, 0.2) is 5.75 Å². The highest BCUT2D eigenvalue weighted by Crippen LogP contribution is 2.39. The average molecular weight is 501 g/mol. The molecule has 1 aromatic heterocycles. The quantitative estimate of drug-likeness (QED) is 0.406. The fourth-order valence-corrected chi connectivity index (χ4v) is 6.05. The van der Waals surface area contributed by atoms with Crippen LogP contribution in [0.25, 0.3) is 22.2 Å². The van der Waals surface area contributed by atoms with Gasteiger partial charge in [-0.05, 0) is 48.4 Å². The molecule has 0 saturated carbocycles. The van der Waals surface area contributed by atoms with Crippen molar-refractivity contribution < 1.29 is 18.3 Å². The molecule has 0 unspecified atom stereocenters. The topological polar surface area (TPSA) is 79.6 Å². The number of halogens is 2. The number of amides is 1. The second-order valence-electron chi connectivity index (χ2n) is 7.82. The lowest BCUT2D eigenvalue weighted by Gasteiger charge is -2.31. The molecule has 33 heavy (non-hydrogen) atoms. The SMILES string of the molecule is O=C(c1cc(Cl)c(O)c(S(=O)(=O)n2c(-c3ccccc3)cc3cc(Cl)ccc32)c1)N1CCC1. The standard InChI is InChI=1S/C24H18Cl2N2O4S/c25-18-7-8-20-16(11-18)13-21(15-5-2-1-3-6-15)28(20)33(31,32)22-14-17(12-19(26)23(22)29)24(30)27-9-4-10-27/h1-3,5-8,11-14,29H,4,9-10H2. The summed E-state index contributed by atoms with van der Waals surface area (Å²) in [7, 11) is -4.37. The molecule has 6 nitrogen and oxygen atoms in total. The first kappa shape index (κ1) is 21.8. The van der Waals surface area contributed by atoms with Crippen molar-refractivity contribution in [3.8, 4) is 17.0 Å². The minimum atomic E-state index is -4.37. The van der Waals surface area contributed by atoms with Gasteiger partial charge in [-0.1, -0.05) is 53.5 Å². The van der Waals surface area contributed by atoms with E-state index in [-0.39, 0.29) is 16.5 Å². The number of carbonyl (C=O) groups excluding carboxylic acids is 1. The molecule has 1 amide bonds. The molecule has 4 aromatic rings. The van der Waals surface area contributed by atoms with E-state index < -0.39 is 20.7 Å². The van der Waals surface area contributed by atoms with Gasteiger partial charge < -0.3 is 10.0 Å². The van der Waals surface area contributed by atoms with Crippen molar-refractivity contribution in [1.82, 2.24) is 8.87 Å². The summed E-state index contributed by atoms with van der Waals surface area (Å²) in [5.74, 6) is -0.932. The molecule has 9 heteroatoms. The number of rotatable bonds is 4. The maximum Gasteiger partial charge on any atom is 0.272 e. The number of fused-ring (bicyclic) bond motifs is 1. The zero-order chi connectivity index (χ0) is 23.3. The summed E-state index contributed by atoms with van der Waals surface area (Å²) in [5, 5.41) is 11.5. The van der Waals surface area contributed by atoms with Gasteiger partial charge in [-0.15, -0.1) is 0 Å². The summed E-state index contributed by atoms with van der Waals surface area (Å²) in [6.07, 6.45) is 0.890. The Morgan fingerprint density at radius 3 is 2.33 bits per heavy atom. The Labute approximate surface area is 200 Å². The van der Waals surface area contributed by atoms with E-state index in [0.717, 1.165) is 10.4 Å². The van der Waals surface area contributed by atoms with Crippen molar-refractivity contribution in [2.24, 2.45) is 0 Å². The van der Waals surface area contributed by atoms with Crippen LogP contribution in [-0.2, 0) is 10.0 Å². The molecule has 3 aromatic carbocycles. The van der Waals surface area contributed by atoms with Crippen LogP contribution in [0.4, 0.5) is 0 Å². The number of carbonyl (C=O) groups is 1. The molecule has 0 atom stereocenters. The number of benzene rings is 3. The monoisotopic (exact) mass is 500 g/mol. The number of hydrogen-bond acceptors (Lipinski definition) is 4. The molecule has 2 heterocycles. The summed E-state index contributed by atoms with van der Waals surface area (Å²) < 4.78 is 29.1. The van der Waals surface area contributed by atoms with Crippen LogP contribution in [0.3, 0.4) is 0 Å². The second-order valence-corrected chi connectivity index (χ2v) is 10.4. The summed E-state index contributed by atoms with van der Waals surface area (Å²) in [6, 6.07) is 18.1. The number of hydrogen-bond donors (Lipinski definition) is 1. The highest BCUT2D eigenvalue weighted by atomic mass is 35.5. The van der Waals surface area contributed by atoms with Gasteiger partial charge in [0.1, 0.15) is 4.90 Å². The van der Waals surface area contributed by atoms with Crippen LogP contribution >= 0.6 is 23.2 Å². The molecule has 5 rings (SSSR count). The number of aromatic nitrogens is 1. The number of phenols is 1. The van der Waals surface area contributed by atoms with Gasteiger partial charge in [0.2, 0.25) is 0 Å². The molecule has 1 aliphatic rings. The lowest BCUT2D eigenvalue weighted by molar-refractivity contribution is 0.0651. The molecule has 0 spiro atoms. The van der Waals surface area contributed by atoms with Gasteiger partial charge in [0.05, 0.1) is 16.2 Å². The van der Waals surface area contributed by atoms with Gasteiger partial charge in [-0.25, -0.2) is 12.4 Å². The van der Waals surface area contributed by atoms with Crippen LogP contribution in [0, 0.1) is 0 Å². The molecule has 168 valence electrons. The maximum absolute atomic E-state index is 14.0. The van der Waals surface area contributed by atoms with Crippen molar-refractivity contribution in [2.75, 3.05) is 13.1 Å².